The number of benzene rings is 1. The third kappa shape index (κ3) is 3.37. The molecule has 3 rings (SSSR count). The Labute approximate surface area is 144 Å². The number of nitrogens with zero attached hydrogens (tertiary/aromatic N) is 1. The molecule has 2 fully saturated rings. The molecule has 0 bridgehead atoms. The molecule has 2 aliphatic rings. The molecule has 0 aromatic heterocycles. The number of amidine groups is 1. The van der Waals surface area contributed by atoms with Gasteiger partial charge in [-0.2, -0.15) is 0 Å². The molecule has 1 saturated carbocycles. The number of hydrogen-bond donors (Lipinski definition) is 1. The second-order valence-electron chi connectivity index (χ2n) is 7.50. The monoisotopic (exact) mass is 332 g/mol. The Morgan fingerprint density at radius 1 is 1.22 bits per heavy atom. The molecule has 1 aromatic rings. The Bertz CT molecular complexity index is 572. The average Bonchev–Trinajstić information content (AvgIpc) is 2.79. The number of methoxy groups -OCH3 is 1. The van der Waals surface area contributed by atoms with Crippen LogP contribution in [0.15, 0.2) is 29.3 Å². The maximum absolute atomic E-state index is 5.21. The molecule has 0 atom stereocenters. The summed E-state index contributed by atoms with van der Waals surface area (Å²) in [4.78, 5) is 4.84. The van der Waals surface area contributed by atoms with E-state index in [4.69, 9.17) is 9.73 Å². The second kappa shape index (κ2) is 6.39. The Morgan fingerprint density at radius 3 is 2.48 bits per heavy atom. The first-order chi connectivity index (χ1) is 10.9. The van der Waals surface area contributed by atoms with E-state index in [1.807, 2.05) is 23.9 Å². The maximum Gasteiger partial charge on any atom is 0.157 e. The molecule has 1 aliphatic carbocycles. The minimum Gasteiger partial charge on any atom is -0.497 e. The highest BCUT2D eigenvalue weighted by Gasteiger charge is 2.53. The molecule has 0 unspecified atom stereocenters. The summed E-state index contributed by atoms with van der Waals surface area (Å²) in [6, 6.07) is 8.18. The minimum atomic E-state index is 0.122. The van der Waals surface area contributed by atoms with Gasteiger partial charge in [0, 0.05) is 10.3 Å². The molecule has 0 amide bonds. The van der Waals surface area contributed by atoms with E-state index in [2.05, 4.69) is 38.2 Å². The minimum absolute atomic E-state index is 0.122. The highest BCUT2D eigenvalue weighted by molar-refractivity contribution is 8.15. The smallest absolute Gasteiger partial charge is 0.157 e. The zero-order chi connectivity index (χ0) is 16.5. The van der Waals surface area contributed by atoms with Crippen molar-refractivity contribution < 1.29 is 4.74 Å². The molecular weight excluding hydrogens is 304 g/mol. The molecule has 1 aliphatic heterocycles. The van der Waals surface area contributed by atoms with Crippen molar-refractivity contribution in [3.8, 4) is 5.75 Å². The maximum atomic E-state index is 5.21. The molecule has 1 aromatic carbocycles. The van der Waals surface area contributed by atoms with E-state index < -0.39 is 0 Å². The predicted molar refractivity (Wildman–Crippen MR) is 99.3 cm³/mol. The first kappa shape index (κ1) is 16.7. The summed E-state index contributed by atoms with van der Waals surface area (Å²) in [6.45, 7) is 7.78. The summed E-state index contributed by atoms with van der Waals surface area (Å²) in [6.07, 6.45) is 5.26. The van der Waals surface area contributed by atoms with Crippen molar-refractivity contribution in [1.29, 1.82) is 0 Å². The number of rotatable bonds is 3. The van der Waals surface area contributed by atoms with Gasteiger partial charge >= 0.3 is 0 Å². The third-order valence-electron chi connectivity index (χ3n) is 5.50. The van der Waals surface area contributed by atoms with Gasteiger partial charge in [-0.25, -0.2) is 0 Å². The number of aliphatic imine (C=N–C) groups is 1. The van der Waals surface area contributed by atoms with Crippen molar-refractivity contribution in [1.82, 2.24) is 5.32 Å². The highest BCUT2D eigenvalue weighted by atomic mass is 32.2. The van der Waals surface area contributed by atoms with Crippen molar-refractivity contribution in [2.24, 2.45) is 10.9 Å². The van der Waals surface area contributed by atoms with Gasteiger partial charge in [-0.1, -0.05) is 30.8 Å². The second-order valence-corrected chi connectivity index (χ2v) is 8.87. The van der Waals surface area contributed by atoms with Crippen LogP contribution in [0.25, 0.3) is 0 Å². The molecule has 23 heavy (non-hydrogen) atoms. The van der Waals surface area contributed by atoms with E-state index in [-0.39, 0.29) is 5.54 Å². The summed E-state index contributed by atoms with van der Waals surface area (Å²) in [5.41, 5.74) is 1.34. The molecular formula is C19H28N2OS. The van der Waals surface area contributed by atoms with Crippen molar-refractivity contribution in [3.63, 3.8) is 0 Å². The summed E-state index contributed by atoms with van der Waals surface area (Å²) in [5, 5.41) is 4.80. The highest BCUT2D eigenvalue weighted by Crippen LogP contribution is 2.52. The largest absolute Gasteiger partial charge is 0.497 e. The van der Waals surface area contributed by atoms with Crippen molar-refractivity contribution >= 4 is 16.9 Å². The molecule has 4 heteroatoms. The van der Waals surface area contributed by atoms with E-state index >= 15 is 0 Å². The molecule has 0 radical (unpaired) electrons. The van der Waals surface area contributed by atoms with Crippen molar-refractivity contribution in [2.75, 3.05) is 7.11 Å². The zero-order valence-electron chi connectivity index (χ0n) is 14.7. The van der Waals surface area contributed by atoms with Crippen LogP contribution in [0, 0.1) is 5.92 Å². The Morgan fingerprint density at radius 2 is 1.87 bits per heavy atom. The molecule has 1 spiro atoms. The van der Waals surface area contributed by atoms with E-state index in [0.717, 1.165) is 23.4 Å². The lowest BCUT2D eigenvalue weighted by atomic mass is 9.73. The number of hydrogen-bond acceptors (Lipinski definition) is 3. The van der Waals surface area contributed by atoms with Crippen LogP contribution in [0.5, 0.6) is 5.75 Å². The molecule has 1 heterocycles. The first-order valence-corrected chi connectivity index (χ1v) is 9.40. The van der Waals surface area contributed by atoms with Crippen LogP contribution < -0.4 is 10.1 Å². The van der Waals surface area contributed by atoms with Crippen LogP contribution in [0.3, 0.4) is 0 Å². The van der Waals surface area contributed by atoms with Crippen LogP contribution in [0.1, 0.15) is 52.0 Å². The predicted octanol–water partition coefficient (Wildman–Crippen LogP) is 4.62. The van der Waals surface area contributed by atoms with Crippen LogP contribution >= 0.6 is 11.8 Å². The van der Waals surface area contributed by atoms with Crippen molar-refractivity contribution in [2.45, 2.75) is 63.3 Å². The Balaban J connectivity index is 1.69. The van der Waals surface area contributed by atoms with E-state index in [1.54, 1.807) is 7.11 Å². The van der Waals surface area contributed by atoms with E-state index in [9.17, 15) is 0 Å². The Kier molecular flexibility index (Phi) is 4.63. The fourth-order valence-electron chi connectivity index (χ4n) is 3.64. The topological polar surface area (TPSA) is 33.6 Å². The van der Waals surface area contributed by atoms with Crippen LogP contribution in [-0.2, 0) is 6.54 Å². The lowest BCUT2D eigenvalue weighted by Gasteiger charge is -2.43. The fourth-order valence-corrected chi connectivity index (χ4v) is 5.19. The van der Waals surface area contributed by atoms with Gasteiger partial charge in [-0.15, -0.1) is 0 Å². The normalized spacial score (nSPS) is 31.3. The lowest BCUT2D eigenvalue weighted by Crippen LogP contribution is -2.52. The molecule has 1 N–H and O–H groups in total. The van der Waals surface area contributed by atoms with Gasteiger partial charge in [-0.3, -0.25) is 4.99 Å². The van der Waals surface area contributed by atoms with Gasteiger partial charge in [0.05, 0.1) is 13.7 Å². The first-order valence-electron chi connectivity index (χ1n) is 8.59. The summed E-state index contributed by atoms with van der Waals surface area (Å²) < 4.78 is 5.52. The van der Waals surface area contributed by atoms with E-state index in [1.165, 1.54) is 31.2 Å². The number of thioether (sulfide) groups is 1. The lowest BCUT2D eigenvalue weighted by molar-refractivity contribution is 0.231. The quantitative estimate of drug-likeness (QED) is 0.877. The fraction of sp³-hybridized carbons (Fsp3) is 0.632. The molecule has 1 saturated heterocycles. The van der Waals surface area contributed by atoms with Gasteiger partial charge in [0.15, 0.2) is 5.17 Å². The summed E-state index contributed by atoms with van der Waals surface area (Å²) in [7, 11) is 1.70. The van der Waals surface area contributed by atoms with Gasteiger partial charge in [0.25, 0.3) is 0 Å². The molecule has 3 nitrogen and oxygen atoms in total. The molecule has 126 valence electrons. The van der Waals surface area contributed by atoms with Crippen LogP contribution in [0.4, 0.5) is 0 Å². The standard InChI is InChI=1S/C19H28N2OS/c1-14-9-11-19(12-10-14)18(2,3)21-17(23-19)20-13-15-5-7-16(22-4)8-6-15/h5-8,14H,9-13H2,1-4H3,(H,20,21). The van der Waals surface area contributed by atoms with E-state index in [0.29, 0.717) is 4.75 Å². The van der Waals surface area contributed by atoms with Crippen molar-refractivity contribution in [3.05, 3.63) is 29.8 Å². The van der Waals surface area contributed by atoms with Gasteiger partial charge in [-0.05, 0) is 63.1 Å². The number of nitrogens with one attached hydrogen (secondary N) is 1. The van der Waals surface area contributed by atoms with Gasteiger partial charge in [0.1, 0.15) is 5.75 Å². The third-order valence-corrected chi connectivity index (χ3v) is 7.23. The van der Waals surface area contributed by atoms with Gasteiger partial charge in [0.2, 0.25) is 0 Å². The average molecular weight is 333 g/mol. The van der Waals surface area contributed by atoms with Crippen LogP contribution in [-0.4, -0.2) is 22.6 Å². The Hall–Kier alpha value is -1.16. The SMILES string of the molecule is COc1ccc(CN=C2NC(C)(C)C3(CCC(C)CC3)S2)cc1. The van der Waals surface area contributed by atoms with Crippen LogP contribution in [0.2, 0.25) is 0 Å². The summed E-state index contributed by atoms with van der Waals surface area (Å²) >= 11 is 1.98. The summed E-state index contributed by atoms with van der Waals surface area (Å²) in [5.74, 6) is 1.77. The number of ether oxygens (including phenoxy) is 1. The zero-order valence-corrected chi connectivity index (χ0v) is 15.5. The van der Waals surface area contributed by atoms with Gasteiger partial charge < -0.3 is 10.1 Å².